The number of ether oxygens (including phenoxy) is 3. The van der Waals surface area contributed by atoms with Gasteiger partial charge in [-0.3, -0.25) is 14.4 Å². The molecule has 5 rings (SSSR count). The van der Waals surface area contributed by atoms with E-state index in [1.807, 2.05) is 11.9 Å². The molecule has 0 spiro atoms. The zero-order valence-electron chi connectivity index (χ0n) is 37.4. The number of carbonyl (C=O) groups excluding carboxylic acids is 4. The quantitative estimate of drug-likeness (QED) is 0.0317. The zero-order chi connectivity index (χ0) is 45.5. The first kappa shape index (κ1) is 47.5. The smallest absolute Gasteiger partial charge is 0.410 e. The SMILES string of the molecule is CN1CCC(OC(=O)[C@@](OC=O)(c2ccccc2)c2cccc(C(=O)NCCCCN(C[C@H](O[Si](C)(C)C(C)(C)C)c3ccc(O)c4[nH]c(=O)ccc34)C(=O)OC(C)(C)C)c2)C1. The molecule has 3 N–H and O–H groups in total. The Morgan fingerprint density at radius 2 is 1.68 bits per heavy atom. The van der Waals surface area contributed by atoms with Crippen LogP contribution in [-0.4, -0.2) is 104 Å². The molecule has 0 bridgehead atoms. The summed E-state index contributed by atoms with van der Waals surface area (Å²) >= 11 is 0. The molecule has 1 aliphatic heterocycles. The molecule has 62 heavy (non-hydrogen) atoms. The monoisotopic (exact) mass is 870 g/mol. The van der Waals surface area contributed by atoms with Gasteiger partial charge in [-0.05, 0) is 95.0 Å². The van der Waals surface area contributed by atoms with Crippen LogP contribution in [0.5, 0.6) is 5.75 Å². The van der Waals surface area contributed by atoms with Crippen LogP contribution in [-0.2, 0) is 33.8 Å². The van der Waals surface area contributed by atoms with Crippen LogP contribution >= 0.6 is 0 Å². The van der Waals surface area contributed by atoms with Crippen molar-refractivity contribution < 1.29 is 42.9 Å². The Morgan fingerprint density at radius 1 is 0.968 bits per heavy atom. The van der Waals surface area contributed by atoms with Gasteiger partial charge in [0, 0.05) is 54.3 Å². The minimum atomic E-state index is -2.47. The van der Waals surface area contributed by atoms with Crippen LogP contribution in [0.2, 0.25) is 18.1 Å². The fourth-order valence-electron chi connectivity index (χ4n) is 7.22. The van der Waals surface area contributed by atoms with Crippen molar-refractivity contribution in [3.63, 3.8) is 0 Å². The average molecular weight is 871 g/mol. The summed E-state index contributed by atoms with van der Waals surface area (Å²) in [6.07, 6.45) is 0.0490. The molecule has 0 aliphatic carbocycles. The van der Waals surface area contributed by atoms with Gasteiger partial charge in [-0.25, -0.2) is 9.59 Å². The number of likely N-dealkylation sites (N-methyl/N-ethyl adjacent to an activating group) is 1. The van der Waals surface area contributed by atoms with Crippen LogP contribution in [0.3, 0.4) is 0 Å². The van der Waals surface area contributed by atoms with Gasteiger partial charge in [0.2, 0.25) is 5.56 Å². The Balaban J connectivity index is 1.34. The number of nitrogens with one attached hydrogen (secondary N) is 2. The zero-order valence-corrected chi connectivity index (χ0v) is 38.4. The van der Waals surface area contributed by atoms with E-state index in [1.165, 1.54) is 18.2 Å². The number of phenolic OH excluding ortho intramolecular Hbond substituents is 1. The van der Waals surface area contributed by atoms with Gasteiger partial charge in [0.1, 0.15) is 17.5 Å². The molecule has 1 aromatic heterocycles. The summed E-state index contributed by atoms with van der Waals surface area (Å²) in [6, 6.07) is 21.3. The third-order valence-corrected chi connectivity index (χ3v) is 16.0. The highest BCUT2D eigenvalue weighted by molar-refractivity contribution is 6.74. The predicted octanol–water partition coefficient (Wildman–Crippen LogP) is 7.41. The van der Waals surface area contributed by atoms with E-state index in [2.05, 4.69) is 44.2 Å². The summed E-state index contributed by atoms with van der Waals surface area (Å²) in [6.45, 7) is 18.2. The molecular weight excluding hydrogens is 809 g/mol. The van der Waals surface area contributed by atoms with E-state index in [9.17, 15) is 29.1 Å². The summed E-state index contributed by atoms with van der Waals surface area (Å²) in [4.78, 5) is 72.3. The van der Waals surface area contributed by atoms with Crippen molar-refractivity contribution in [1.29, 1.82) is 0 Å². The second-order valence-electron chi connectivity index (χ2n) is 18.5. The third-order valence-electron chi connectivity index (χ3n) is 11.5. The molecule has 1 fully saturated rings. The summed E-state index contributed by atoms with van der Waals surface area (Å²) in [5.74, 6) is -1.24. The van der Waals surface area contributed by atoms with Crippen LogP contribution in [0.15, 0.2) is 83.7 Å². The van der Waals surface area contributed by atoms with E-state index in [0.29, 0.717) is 42.3 Å². The molecule has 3 atom stereocenters. The highest BCUT2D eigenvalue weighted by Gasteiger charge is 2.48. The third kappa shape index (κ3) is 11.5. The number of esters is 1. The Labute approximate surface area is 365 Å². The number of nitrogens with zero attached hydrogens (tertiary/aromatic N) is 2. The lowest BCUT2D eigenvalue weighted by atomic mass is 9.85. The predicted molar refractivity (Wildman–Crippen MR) is 239 cm³/mol. The number of hydrogen-bond donors (Lipinski definition) is 3. The van der Waals surface area contributed by atoms with Crippen molar-refractivity contribution >= 4 is 43.7 Å². The summed E-state index contributed by atoms with van der Waals surface area (Å²) in [5.41, 5.74) is -1.23. The Morgan fingerprint density at radius 3 is 2.32 bits per heavy atom. The van der Waals surface area contributed by atoms with E-state index in [4.69, 9.17) is 18.6 Å². The van der Waals surface area contributed by atoms with Crippen molar-refractivity contribution in [2.75, 3.05) is 39.8 Å². The summed E-state index contributed by atoms with van der Waals surface area (Å²) in [7, 11) is -0.533. The fourth-order valence-corrected chi connectivity index (χ4v) is 8.49. The minimum absolute atomic E-state index is 0.0786. The Hall–Kier alpha value is -5.51. The van der Waals surface area contributed by atoms with Gasteiger partial charge in [0.25, 0.3) is 18.0 Å². The van der Waals surface area contributed by atoms with E-state index >= 15 is 0 Å². The number of benzene rings is 3. The number of aromatic amines is 1. The van der Waals surface area contributed by atoms with E-state index in [0.717, 1.165) is 6.54 Å². The Bertz CT molecular complexity index is 2270. The van der Waals surface area contributed by atoms with Crippen molar-refractivity contribution in [2.45, 2.75) is 102 Å². The molecule has 1 saturated heterocycles. The first-order valence-corrected chi connectivity index (χ1v) is 24.0. The number of pyridine rings is 1. The molecule has 334 valence electrons. The number of phenols is 1. The number of unbranched alkanes of at least 4 members (excludes halogenated alkanes) is 1. The summed E-state index contributed by atoms with van der Waals surface area (Å²) in [5, 5.41) is 14.0. The van der Waals surface area contributed by atoms with Gasteiger partial charge in [-0.15, -0.1) is 0 Å². The van der Waals surface area contributed by atoms with Gasteiger partial charge in [-0.2, -0.15) is 0 Å². The molecule has 14 nitrogen and oxygen atoms in total. The normalized spacial score (nSPS) is 16.2. The average Bonchev–Trinajstić information content (AvgIpc) is 3.62. The van der Waals surface area contributed by atoms with Gasteiger partial charge >= 0.3 is 12.1 Å². The topological polar surface area (TPSA) is 177 Å². The number of carbonyl (C=O) groups is 4. The van der Waals surface area contributed by atoms with Crippen LogP contribution in [0.1, 0.15) is 94.0 Å². The van der Waals surface area contributed by atoms with Gasteiger partial charge in [0.05, 0.1) is 18.2 Å². The van der Waals surface area contributed by atoms with Gasteiger partial charge < -0.3 is 43.8 Å². The van der Waals surface area contributed by atoms with Crippen molar-refractivity contribution in [3.05, 3.63) is 111 Å². The molecule has 0 saturated carbocycles. The number of amides is 2. The van der Waals surface area contributed by atoms with Crippen LogP contribution in [0.4, 0.5) is 4.79 Å². The minimum Gasteiger partial charge on any atom is -0.506 e. The maximum Gasteiger partial charge on any atom is 0.410 e. The lowest BCUT2D eigenvalue weighted by Gasteiger charge is -2.41. The van der Waals surface area contributed by atoms with E-state index in [-0.39, 0.29) is 59.1 Å². The highest BCUT2D eigenvalue weighted by atomic mass is 28.4. The molecule has 15 heteroatoms. The van der Waals surface area contributed by atoms with Crippen molar-refractivity contribution in [3.8, 4) is 5.75 Å². The number of rotatable bonds is 17. The standard InChI is InChI=1S/C47H62N4O10Si/c1-45(2,3)60-44(57)51(30-39(61-62(8,9)46(4,5)6)36-20-22-38(53)41-37(36)21-23-40(54)49-41)26-14-13-25-48-42(55)32-16-15-19-34(28-32)47(58-31-52,33-17-11-10-12-18-33)43(56)59-35-24-27-50(7)29-35/h10-12,15-23,28,31,35,39,53H,13-14,24-27,29-30H2,1-9H3,(H,48,55)(H,49,54)/t35?,39-,47+/m0/s1. The largest absolute Gasteiger partial charge is 0.506 e. The lowest BCUT2D eigenvalue weighted by Crippen LogP contribution is -2.46. The number of likely N-dealkylation sites (tertiary alicyclic amines) is 1. The number of hydrogen-bond acceptors (Lipinski definition) is 11. The molecule has 2 amide bonds. The lowest BCUT2D eigenvalue weighted by molar-refractivity contribution is -0.176. The molecule has 4 aromatic rings. The van der Waals surface area contributed by atoms with E-state index < -0.39 is 49.7 Å². The summed E-state index contributed by atoms with van der Waals surface area (Å²) < 4.78 is 24.5. The number of H-pyrrole nitrogens is 1. The van der Waals surface area contributed by atoms with Crippen molar-refractivity contribution in [1.82, 2.24) is 20.1 Å². The maximum atomic E-state index is 14.1. The number of aromatic hydroxyl groups is 1. The van der Waals surface area contributed by atoms with Crippen LogP contribution in [0, 0.1) is 0 Å². The maximum absolute atomic E-state index is 14.1. The van der Waals surface area contributed by atoms with Gasteiger partial charge in [-0.1, -0.05) is 69.3 Å². The Kier molecular flexibility index (Phi) is 15.1. The first-order chi connectivity index (χ1) is 29.1. The first-order valence-electron chi connectivity index (χ1n) is 21.1. The number of fused-ring (bicyclic) bond motifs is 1. The molecule has 3 aromatic carbocycles. The molecule has 1 aliphatic rings. The van der Waals surface area contributed by atoms with Crippen LogP contribution < -0.4 is 10.9 Å². The fraction of sp³-hybridized carbons (Fsp3) is 0.468. The second-order valence-corrected chi connectivity index (χ2v) is 23.2. The van der Waals surface area contributed by atoms with Gasteiger partial charge in [0.15, 0.2) is 8.32 Å². The second kappa shape index (κ2) is 19.7. The molecular formula is C47H62N4O10Si. The molecule has 0 radical (unpaired) electrons. The number of aromatic nitrogens is 1. The van der Waals surface area contributed by atoms with Crippen LogP contribution in [0.25, 0.3) is 10.9 Å². The molecule has 1 unspecified atom stereocenters. The van der Waals surface area contributed by atoms with Crippen molar-refractivity contribution in [2.24, 2.45) is 0 Å². The van der Waals surface area contributed by atoms with E-state index in [1.54, 1.807) is 86.3 Å². The highest BCUT2D eigenvalue weighted by Crippen LogP contribution is 2.42. The molecule has 2 heterocycles.